The molecule has 0 spiro atoms. The van der Waals surface area contributed by atoms with E-state index in [0.717, 1.165) is 18.3 Å². The molecule has 0 heterocycles. The third-order valence-corrected chi connectivity index (χ3v) is 3.93. The number of hydrogen-bond donors (Lipinski definition) is 2. The lowest BCUT2D eigenvalue weighted by Gasteiger charge is -2.29. The van der Waals surface area contributed by atoms with Crippen molar-refractivity contribution < 1.29 is 5.11 Å². The van der Waals surface area contributed by atoms with E-state index in [0.29, 0.717) is 18.7 Å². The van der Waals surface area contributed by atoms with Crippen molar-refractivity contribution in [1.29, 1.82) is 0 Å². The molecular weight excluding hydrogens is 198 g/mol. The van der Waals surface area contributed by atoms with Gasteiger partial charge >= 0.3 is 0 Å². The van der Waals surface area contributed by atoms with Crippen molar-refractivity contribution in [3.63, 3.8) is 0 Å². The third kappa shape index (κ3) is 4.42. The highest BCUT2D eigenvalue weighted by Crippen LogP contribution is 2.34. The van der Waals surface area contributed by atoms with Gasteiger partial charge in [-0.2, -0.15) is 0 Å². The molecule has 2 heteroatoms. The minimum atomic E-state index is 0.326. The van der Waals surface area contributed by atoms with Gasteiger partial charge in [-0.05, 0) is 43.9 Å². The van der Waals surface area contributed by atoms with Gasteiger partial charge in [-0.1, -0.05) is 27.2 Å². The van der Waals surface area contributed by atoms with Gasteiger partial charge in [0.2, 0.25) is 0 Å². The molecule has 0 aromatic rings. The van der Waals surface area contributed by atoms with Gasteiger partial charge in [0.1, 0.15) is 0 Å². The van der Waals surface area contributed by atoms with E-state index >= 15 is 0 Å². The lowest BCUT2D eigenvalue weighted by molar-refractivity contribution is 0.230. The van der Waals surface area contributed by atoms with E-state index in [1.807, 2.05) is 0 Å². The molecule has 1 aliphatic carbocycles. The first kappa shape index (κ1) is 14.0. The fourth-order valence-corrected chi connectivity index (χ4v) is 2.71. The lowest BCUT2D eigenvalue weighted by Crippen LogP contribution is -2.43. The molecule has 0 saturated heterocycles. The van der Waals surface area contributed by atoms with Gasteiger partial charge in [0, 0.05) is 18.7 Å². The molecule has 3 atom stereocenters. The monoisotopic (exact) mass is 227 g/mol. The summed E-state index contributed by atoms with van der Waals surface area (Å²) in [5.41, 5.74) is 0. The zero-order valence-corrected chi connectivity index (χ0v) is 11.2. The smallest absolute Gasteiger partial charge is 0.0445 e. The van der Waals surface area contributed by atoms with Gasteiger partial charge < -0.3 is 10.4 Å². The molecule has 16 heavy (non-hydrogen) atoms. The number of aliphatic hydroxyl groups excluding tert-OH is 1. The second-order valence-corrected chi connectivity index (χ2v) is 5.40. The summed E-state index contributed by atoms with van der Waals surface area (Å²) in [5, 5.41) is 12.9. The van der Waals surface area contributed by atoms with Crippen LogP contribution in [0.4, 0.5) is 0 Å². The van der Waals surface area contributed by atoms with Gasteiger partial charge in [-0.15, -0.1) is 0 Å². The van der Waals surface area contributed by atoms with Crippen LogP contribution in [0.15, 0.2) is 0 Å². The quantitative estimate of drug-likeness (QED) is 0.635. The van der Waals surface area contributed by atoms with Crippen molar-refractivity contribution in [2.24, 2.45) is 11.8 Å². The first-order valence-corrected chi connectivity index (χ1v) is 7.09. The summed E-state index contributed by atoms with van der Waals surface area (Å²) in [6.07, 6.45) is 7.43. The van der Waals surface area contributed by atoms with Crippen molar-refractivity contribution in [2.75, 3.05) is 6.61 Å². The highest BCUT2D eigenvalue weighted by Gasteiger charge is 2.32. The fourth-order valence-electron chi connectivity index (χ4n) is 2.71. The Labute approximate surface area is 101 Å². The van der Waals surface area contributed by atoms with Crippen molar-refractivity contribution in [1.82, 2.24) is 5.32 Å². The normalized spacial score (nSPS) is 21.8. The van der Waals surface area contributed by atoms with E-state index in [1.54, 1.807) is 0 Å². The van der Waals surface area contributed by atoms with Crippen LogP contribution in [0.3, 0.4) is 0 Å². The fraction of sp³-hybridized carbons (Fsp3) is 1.00. The molecule has 2 nitrogen and oxygen atoms in total. The van der Waals surface area contributed by atoms with Crippen LogP contribution >= 0.6 is 0 Å². The Morgan fingerprint density at radius 1 is 1.25 bits per heavy atom. The van der Waals surface area contributed by atoms with Crippen molar-refractivity contribution in [2.45, 2.75) is 71.4 Å². The maximum Gasteiger partial charge on any atom is 0.0445 e. The number of nitrogens with one attached hydrogen (secondary N) is 1. The van der Waals surface area contributed by atoms with E-state index in [4.69, 9.17) is 5.11 Å². The highest BCUT2D eigenvalue weighted by atomic mass is 16.3. The Morgan fingerprint density at radius 2 is 1.94 bits per heavy atom. The van der Waals surface area contributed by atoms with Crippen molar-refractivity contribution in [3.8, 4) is 0 Å². The summed E-state index contributed by atoms with van der Waals surface area (Å²) < 4.78 is 0. The molecule has 0 aromatic carbocycles. The van der Waals surface area contributed by atoms with Crippen molar-refractivity contribution in [3.05, 3.63) is 0 Å². The van der Waals surface area contributed by atoms with Crippen LogP contribution in [-0.4, -0.2) is 23.8 Å². The first-order valence-electron chi connectivity index (χ1n) is 7.09. The molecule has 1 rings (SSSR count). The number of aliphatic hydroxyl groups is 1. The van der Waals surface area contributed by atoms with E-state index < -0.39 is 0 Å². The zero-order chi connectivity index (χ0) is 12.0. The van der Waals surface area contributed by atoms with Crippen LogP contribution in [0.25, 0.3) is 0 Å². The maximum atomic E-state index is 9.10. The van der Waals surface area contributed by atoms with Crippen LogP contribution < -0.4 is 5.32 Å². The molecule has 1 saturated carbocycles. The molecule has 0 aliphatic heterocycles. The second kappa shape index (κ2) is 7.29. The molecule has 1 fully saturated rings. The molecule has 0 bridgehead atoms. The molecule has 0 radical (unpaired) electrons. The summed E-state index contributed by atoms with van der Waals surface area (Å²) in [4.78, 5) is 0. The van der Waals surface area contributed by atoms with Crippen LogP contribution in [0.2, 0.25) is 0 Å². The topological polar surface area (TPSA) is 32.3 Å². The van der Waals surface area contributed by atoms with Gasteiger partial charge in [-0.3, -0.25) is 0 Å². The van der Waals surface area contributed by atoms with Crippen LogP contribution in [0.5, 0.6) is 0 Å². The molecule has 2 N–H and O–H groups in total. The molecule has 96 valence electrons. The zero-order valence-electron chi connectivity index (χ0n) is 11.2. The average Bonchev–Trinajstić information content (AvgIpc) is 3.08. The van der Waals surface area contributed by atoms with Crippen LogP contribution in [0, 0.1) is 11.8 Å². The maximum absolute atomic E-state index is 9.10. The Morgan fingerprint density at radius 3 is 2.38 bits per heavy atom. The number of hydrogen-bond acceptors (Lipinski definition) is 2. The minimum absolute atomic E-state index is 0.326. The van der Waals surface area contributed by atoms with Gasteiger partial charge in [0.05, 0.1) is 0 Å². The summed E-state index contributed by atoms with van der Waals surface area (Å²) in [6, 6.07) is 1.20. The predicted molar refractivity (Wildman–Crippen MR) is 69.5 cm³/mol. The Bertz CT molecular complexity index is 180. The number of rotatable bonds is 9. The largest absolute Gasteiger partial charge is 0.396 e. The predicted octanol–water partition coefficient (Wildman–Crippen LogP) is 2.95. The SMILES string of the molecule is CCCC(C)C(CC)NC(CCO)C1CC1. The van der Waals surface area contributed by atoms with E-state index in [9.17, 15) is 0 Å². The first-order chi connectivity index (χ1) is 7.72. The van der Waals surface area contributed by atoms with Crippen molar-refractivity contribution >= 4 is 0 Å². The Balaban J connectivity index is 2.39. The second-order valence-electron chi connectivity index (χ2n) is 5.40. The average molecular weight is 227 g/mol. The standard InChI is InChI=1S/C14H29NO/c1-4-6-11(3)13(5-2)15-14(9-10-16)12-7-8-12/h11-16H,4-10H2,1-3H3. The summed E-state index contributed by atoms with van der Waals surface area (Å²) in [7, 11) is 0. The molecular formula is C14H29NO. The van der Waals surface area contributed by atoms with Crippen LogP contribution in [-0.2, 0) is 0 Å². The molecule has 3 unspecified atom stereocenters. The third-order valence-electron chi connectivity index (χ3n) is 3.93. The van der Waals surface area contributed by atoms with E-state index in [-0.39, 0.29) is 0 Å². The van der Waals surface area contributed by atoms with Gasteiger partial charge in [0.15, 0.2) is 0 Å². The summed E-state index contributed by atoms with van der Waals surface area (Å²) >= 11 is 0. The molecule has 0 aromatic heterocycles. The summed E-state index contributed by atoms with van der Waals surface area (Å²) in [6.45, 7) is 7.21. The lowest BCUT2D eigenvalue weighted by atomic mass is 9.93. The van der Waals surface area contributed by atoms with E-state index in [1.165, 1.54) is 32.1 Å². The van der Waals surface area contributed by atoms with Crippen LogP contribution in [0.1, 0.15) is 59.3 Å². The van der Waals surface area contributed by atoms with E-state index in [2.05, 4.69) is 26.1 Å². The van der Waals surface area contributed by atoms with Gasteiger partial charge in [0.25, 0.3) is 0 Å². The molecule has 1 aliphatic rings. The van der Waals surface area contributed by atoms with Gasteiger partial charge in [-0.25, -0.2) is 0 Å². The minimum Gasteiger partial charge on any atom is -0.396 e. The highest BCUT2D eigenvalue weighted by molar-refractivity contribution is 4.89. The Kier molecular flexibility index (Phi) is 6.37. The summed E-state index contributed by atoms with van der Waals surface area (Å²) in [5.74, 6) is 1.60. The molecule has 0 amide bonds. The Hall–Kier alpha value is -0.0800.